The maximum absolute atomic E-state index is 12.7. The van der Waals surface area contributed by atoms with E-state index in [1.165, 1.54) is 6.20 Å². The molecule has 3 heterocycles. The topological polar surface area (TPSA) is 96.3 Å². The molecule has 2 aliphatic rings. The van der Waals surface area contributed by atoms with Crippen molar-refractivity contribution in [1.29, 1.82) is 0 Å². The van der Waals surface area contributed by atoms with Crippen LogP contribution in [0.4, 0.5) is 11.5 Å². The van der Waals surface area contributed by atoms with Crippen molar-refractivity contribution >= 4 is 23.0 Å². The Morgan fingerprint density at radius 1 is 1.33 bits per heavy atom. The van der Waals surface area contributed by atoms with Gasteiger partial charge in [0.1, 0.15) is 0 Å². The second-order valence-electron chi connectivity index (χ2n) is 8.68. The van der Waals surface area contributed by atoms with Gasteiger partial charge in [-0.3, -0.25) is 15.1 Å². The largest absolute Gasteiger partial charge is 0.363 e. The van der Waals surface area contributed by atoms with Crippen LogP contribution in [0, 0.1) is 12.0 Å². The van der Waals surface area contributed by atoms with Crippen molar-refractivity contribution in [2.75, 3.05) is 18.5 Å². The number of imidazole rings is 1. The number of aromatic nitrogens is 3. The van der Waals surface area contributed by atoms with Gasteiger partial charge in [-0.25, -0.2) is 9.97 Å². The summed E-state index contributed by atoms with van der Waals surface area (Å²) in [4.78, 5) is 27.6. The van der Waals surface area contributed by atoms with E-state index in [0.29, 0.717) is 12.3 Å². The molecule has 1 aliphatic heterocycles. The van der Waals surface area contributed by atoms with Crippen molar-refractivity contribution < 1.29 is 9.53 Å². The first-order valence-electron chi connectivity index (χ1n) is 10.1. The fraction of sp³-hybridized carbons (Fsp3) is 0.455. The Kier molecular flexibility index (Phi) is 5.18. The van der Waals surface area contributed by atoms with Gasteiger partial charge in [-0.05, 0) is 49.3 Å². The van der Waals surface area contributed by atoms with Crippen molar-refractivity contribution in [1.82, 2.24) is 20.3 Å². The molecule has 2 aromatic rings. The molecule has 4 rings (SSSR count). The Morgan fingerprint density at radius 2 is 2.17 bits per heavy atom. The molecule has 0 saturated carbocycles. The Bertz CT molecular complexity index is 1040. The first-order chi connectivity index (χ1) is 14.3. The number of anilines is 1. The Labute approximate surface area is 176 Å². The predicted molar refractivity (Wildman–Crippen MR) is 114 cm³/mol. The molecule has 1 amide bonds. The highest BCUT2D eigenvalue weighted by atomic mass is 16.5. The van der Waals surface area contributed by atoms with E-state index >= 15 is 0 Å². The van der Waals surface area contributed by atoms with Crippen LogP contribution >= 0.6 is 0 Å². The summed E-state index contributed by atoms with van der Waals surface area (Å²) in [7, 11) is 0. The highest BCUT2D eigenvalue weighted by Gasteiger charge is 2.34. The second-order valence-corrected chi connectivity index (χ2v) is 8.68. The summed E-state index contributed by atoms with van der Waals surface area (Å²) in [5.74, 6) is -0.0788. The lowest BCUT2D eigenvalue weighted by molar-refractivity contribution is -0.00121. The van der Waals surface area contributed by atoms with Crippen LogP contribution in [0.5, 0.6) is 0 Å². The van der Waals surface area contributed by atoms with E-state index in [-0.39, 0.29) is 17.1 Å². The summed E-state index contributed by atoms with van der Waals surface area (Å²) in [5.41, 5.74) is 2.90. The van der Waals surface area contributed by atoms with Crippen LogP contribution in [0.1, 0.15) is 62.0 Å². The average molecular weight is 406 g/mol. The maximum Gasteiger partial charge on any atom is 0.314 e. The Balaban J connectivity index is 1.69. The van der Waals surface area contributed by atoms with Crippen LogP contribution in [0.25, 0.3) is 10.4 Å². The van der Waals surface area contributed by atoms with Crippen molar-refractivity contribution in [2.45, 2.75) is 45.8 Å². The van der Waals surface area contributed by atoms with Gasteiger partial charge in [0.05, 0.1) is 29.9 Å². The lowest BCUT2D eigenvalue weighted by Gasteiger charge is -2.30. The minimum absolute atomic E-state index is 0.0996. The highest BCUT2D eigenvalue weighted by Crippen LogP contribution is 2.40. The smallest absolute Gasteiger partial charge is 0.314 e. The molecule has 8 heteroatoms. The number of carbonyl (C=O) groups excluding carboxylic acids is 1. The van der Waals surface area contributed by atoms with E-state index in [2.05, 4.69) is 45.4 Å². The molecule has 156 valence electrons. The van der Waals surface area contributed by atoms with E-state index in [1.54, 1.807) is 0 Å². The number of H-pyrrole nitrogens is 1. The Morgan fingerprint density at radius 3 is 2.80 bits per heavy atom. The zero-order valence-electron chi connectivity index (χ0n) is 17.5. The molecule has 0 radical (unpaired) electrons. The summed E-state index contributed by atoms with van der Waals surface area (Å²) in [5, 5.41) is 6.27. The number of allylic oxidation sites excluding steroid dienone is 2. The zero-order valence-corrected chi connectivity index (χ0v) is 17.5. The fourth-order valence-corrected chi connectivity index (χ4v) is 3.79. The number of amides is 1. The third-order valence-electron chi connectivity index (χ3n) is 5.76. The van der Waals surface area contributed by atoms with Gasteiger partial charge >= 0.3 is 5.91 Å². The lowest BCUT2D eigenvalue weighted by Crippen LogP contribution is -2.35. The number of nitrogens with one attached hydrogen (secondary N) is 3. The minimum atomic E-state index is -0.642. The molecule has 1 aliphatic carbocycles. The van der Waals surface area contributed by atoms with Crippen molar-refractivity contribution in [2.24, 2.45) is 5.41 Å². The van der Waals surface area contributed by atoms with Crippen LogP contribution in [-0.2, 0) is 10.5 Å². The van der Waals surface area contributed by atoms with E-state index in [1.807, 2.05) is 19.1 Å². The number of rotatable bonds is 4. The predicted octanol–water partition coefficient (Wildman–Crippen LogP) is 3.99. The van der Waals surface area contributed by atoms with Crippen LogP contribution in [-0.4, -0.2) is 34.0 Å². The zero-order chi connectivity index (χ0) is 21.4. The third-order valence-corrected chi connectivity index (χ3v) is 5.76. The van der Waals surface area contributed by atoms with Gasteiger partial charge < -0.3 is 14.9 Å². The first-order valence-corrected chi connectivity index (χ1v) is 10.1. The molecule has 3 N–H and O–H groups in total. The number of aromatic amines is 1. The first kappa shape index (κ1) is 20.3. The summed E-state index contributed by atoms with van der Waals surface area (Å²) < 4.78 is 5.88. The molecule has 1 unspecified atom stereocenters. The second kappa shape index (κ2) is 7.67. The molecule has 1 saturated heterocycles. The standard InChI is InChI=1S/C22H26N6O2/c1-21(2)9-7-14(8-10-21)18-15(26-20(29)19-24-13-17(23-4)28-19)5-6-16(27-18)22(3)25-11-12-30-22/h5-7,13,25H,8-12H2,1-3H3,(H,24,28)(H,26,29). The lowest BCUT2D eigenvalue weighted by atomic mass is 9.77. The highest BCUT2D eigenvalue weighted by molar-refractivity contribution is 6.03. The van der Waals surface area contributed by atoms with Gasteiger partial charge in [0, 0.05) is 6.54 Å². The van der Waals surface area contributed by atoms with Gasteiger partial charge in [0.15, 0.2) is 5.72 Å². The molecule has 0 bridgehead atoms. The third kappa shape index (κ3) is 3.99. The van der Waals surface area contributed by atoms with Crippen LogP contribution in [0.2, 0.25) is 0 Å². The number of hydrogen-bond acceptors (Lipinski definition) is 5. The molecule has 2 aromatic heterocycles. The molecule has 1 fully saturated rings. The Hall–Kier alpha value is -3.02. The number of pyridine rings is 1. The molecular weight excluding hydrogens is 380 g/mol. The van der Waals surface area contributed by atoms with E-state index in [9.17, 15) is 4.79 Å². The number of ether oxygens (including phenoxy) is 1. The number of carbonyl (C=O) groups is 1. The SMILES string of the molecule is [C-]#[N+]c1cnc(C(=O)Nc2ccc(C3(C)NCCO3)nc2C2=CCC(C)(C)CC2)[nH]1. The van der Waals surface area contributed by atoms with Crippen molar-refractivity contribution in [3.63, 3.8) is 0 Å². The van der Waals surface area contributed by atoms with Gasteiger partial charge in [0.25, 0.3) is 5.82 Å². The molecule has 30 heavy (non-hydrogen) atoms. The van der Waals surface area contributed by atoms with Crippen LogP contribution < -0.4 is 10.6 Å². The van der Waals surface area contributed by atoms with Gasteiger partial charge in [-0.1, -0.05) is 26.5 Å². The normalized spacial score (nSPS) is 22.9. The summed E-state index contributed by atoms with van der Waals surface area (Å²) in [6.45, 7) is 14.9. The molecular formula is C22H26N6O2. The summed E-state index contributed by atoms with van der Waals surface area (Å²) in [6, 6.07) is 3.74. The monoisotopic (exact) mass is 406 g/mol. The molecule has 1 atom stereocenters. The summed E-state index contributed by atoms with van der Waals surface area (Å²) >= 11 is 0. The minimum Gasteiger partial charge on any atom is -0.363 e. The maximum atomic E-state index is 12.7. The number of hydrogen-bond donors (Lipinski definition) is 3. The molecule has 0 aromatic carbocycles. The van der Waals surface area contributed by atoms with E-state index in [0.717, 1.165) is 42.8 Å². The van der Waals surface area contributed by atoms with E-state index in [4.69, 9.17) is 16.3 Å². The number of nitrogens with zero attached hydrogens (tertiary/aromatic N) is 3. The average Bonchev–Trinajstić information content (AvgIpc) is 3.38. The quantitative estimate of drug-likeness (QED) is 0.667. The fourth-order valence-electron chi connectivity index (χ4n) is 3.79. The summed E-state index contributed by atoms with van der Waals surface area (Å²) in [6.07, 6.45) is 6.47. The van der Waals surface area contributed by atoms with Crippen molar-refractivity contribution in [3.05, 3.63) is 53.0 Å². The van der Waals surface area contributed by atoms with Gasteiger partial charge in [-0.15, -0.1) is 0 Å². The van der Waals surface area contributed by atoms with Crippen LogP contribution in [0.15, 0.2) is 24.4 Å². The van der Waals surface area contributed by atoms with Crippen molar-refractivity contribution in [3.8, 4) is 0 Å². The molecule has 8 nitrogen and oxygen atoms in total. The van der Waals surface area contributed by atoms with Gasteiger partial charge in [-0.2, -0.15) is 0 Å². The van der Waals surface area contributed by atoms with Crippen LogP contribution in [0.3, 0.4) is 0 Å². The van der Waals surface area contributed by atoms with E-state index < -0.39 is 11.6 Å². The molecule has 0 spiro atoms. The van der Waals surface area contributed by atoms with Gasteiger partial charge in [0.2, 0.25) is 5.82 Å².